The molecule has 2 aromatic rings. The molecular formula is C19H17NO2. The molecule has 0 bridgehead atoms. The number of aryl methyl sites for hydroxylation is 1. The zero-order valence-corrected chi connectivity index (χ0v) is 12.4. The number of nitrogens with zero attached hydrogens (tertiary/aromatic N) is 1. The van der Waals surface area contributed by atoms with Gasteiger partial charge in [0, 0.05) is 30.4 Å². The number of allylic oxidation sites excluding steroid dienone is 4. The molecule has 22 heavy (non-hydrogen) atoms. The van der Waals surface area contributed by atoms with E-state index in [1.165, 1.54) is 0 Å². The monoisotopic (exact) mass is 291 g/mol. The molecule has 3 heteroatoms. The highest BCUT2D eigenvalue weighted by Crippen LogP contribution is 2.29. The Kier molecular flexibility index (Phi) is 3.88. The van der Waals surface area contributed by atoms with Crippen molar-refractivity contribution >= 4 is 18.1 Å². The number of aromatic nitrogens is 1. The minimum atomic E-state index is -0.000579. The minimum Gasteiger partial charge on any atom is -0.350 e. The number of hydrogen-bond donors (Lipinski definition) is 0. The van der Waals surface area contributed by atoms with Gasteiger partial charge in [-0.05, 0) is 29.2 Å². The number of benzene rings is 1. The van der Waals surface area contributed by atoms with E-state index in [4.69, 9.17) is 0 Å². The number of hydrogen-bond acceptors (Lipinski definition) is 2. The molecule has 3 nitrogen and oxygen atoms in total. The van der Waals surface area contributed by atoms with Crippen LogP contribution in [-0.4, -0.2) is 17.1 Å². The summed E-state index contributed by atoms with van der Waals surface area (Å²) in [7, 11) is 2.01. The van der Waals surface area contributed by atoms with Gasteiger partial charge >= 0.3 is 0 Å². The van der Waals surface area contributed by atoms with Crippen LogP contribution in [0.15, 0.2) is 54.8 Å². The Hall–Kier alpha value is -2.68. The van der Waals surface area contributed by atoms with E-state index in [2.05, 4.69) is 22.9 Å². The van der Waals surface area contributed by atoms with Crippen LogP contribution in [0.4, 0.5) is 0 Å². The maximum atomic E-state index is 10.8. The fraction of sp³-hybridized carbons (Fsp3) is 0.158. The van der Waals surface area contributed by atoms with E-state index in [1.54, 1.807) is 0 Å². The summed E-state index contributed by atoms with van der Waals surface area (Å²) in [5, 5.41) is 0. The SMILES string of the molecule is Cn1cc(-c2ccc(C=O)cc2)cc1C1=CCC(C=O)C=C1. The highest BCUT2D eigenvalue weighted by atomic mass is 16.1. The Morgan fingerprint density at radius 3 is 2.50 bits per heavy atom. The summed E-state index contributed by atoms with van der Waals surface area (Å²) >= 11 is 0. The van der Waals surface area contributed by atoms with Crippen LogP contribution in [0.2, 0.25) is 0 Å². The van der Waals surface area contributed by atoms with E-state index in [-0.39, 0.29) is 5.92 Å². The molecule has 0 radical (unpaired) electrons. The molecule has 0 saturated heterocycles. The molecule has 1 aliphatic rings. The van der Waals surface area contributed by atoms with E-state index in [0.29, 0.717) is 5.56 Å². The average Bonchev–Trinajstić information content (AvgIpc) is 2.97. The van der Waals surface area contributed by atoms with Gasteiger partial charge in [0.15, 0.2) is 0 Å². The molecular weight excluding hydrogens is 274 g/mol. The molecule has 0 spiro atoms. The molecule has 3 rings (SSSR count). The lowest BCUT2D eigenvalue weighted by Crippen LogP contribution is -2.02. The second kappa shape index (κ2) is 5.98. The molecule has 0 amide bonds. The number of rotatable bonds is 4. The van der Waals surface area contributed by atoms with Crippen molar-refractivity contribution in [3.05, 3.63) is 66.0 Å². The maximum absolute atomic E-state index is 10.8. The van der Waals surface area contributed by atoms with Crippen molar-refractivity contribution in [3.8, 4) is 11.1 Å². The maximum Gasteiger partial charge on any atom is 0.150 e. The van der Waals surface area contributed by atoms with Gasteiger partial charge in [-0.3, -0.25) is 4.79 Å². The smallest absolute Gasteiger partial charge is 0.150 e. The summed E-state index contributed by atoms with van der Waals surface area (Å²) in [6.45, 7) is 0. The quantitative estimate of drug-likeness (QED) is 0.806. The van der Waals surface area contributed by atoms with Crippen molar-refractivity contribution in [1.29, 1.82) is 0 Å². The van der Waals surface area contributed by atoms with Crippen LogP contribution >= 0.6 is 0 Å². The van der Waals surface area contributed by atoms with Gasteiger partial charge in [0.1, 0.15) is 12.6 Å². The number of carbonyl (C=O) groups excluding carboxylic acids is 2. The molecule has 0 saturated carbocycles. The van der Waals surface area contributed by atoms with Crippen LogP contribution in [0.25, 0.3) is 16.7 Å². The third-order valence-corrected chi connectivity index (χ3v) is 3.99. The van der Waals surface area contributed by atoms with Gasteiger partial charge in [-0.2, -0.15) is 0 Å². The van der Waals surface area contributed by atoms with Crippen LogP contribution < -0.4 is 0 Å². The second-order valence-electron chi connectivity index (χ2n) is 5.52. The Labute approximate surface area is 129 Å². The lowest BCUT2D eigenvalue weighted by atomic mass is 9.96. The first-order valence-electron chi connectivity index (χ1n) is 7.27. The van der Waals surface area contributed by atoms with E-state index in [9.17, 15) is 9.59 Å². The molecule has 1 unspecified atom stereocenters. The molecule has 1 heterocycles. The van der Waals surface area contributed by atoms with Crippen molar-refractivity contribution < 1.29 is 9.59 Å². The Balaban J connectivity index is 1.91. The predicted molar refractivity (Wildman–Crippen MR) is 87.5 cm³/mol. The summed E-state index contributed by atoms with van der Waals surface area (Å²) in [5.41, 5.74) is 5.13. The van der Waals surface area contributed by atoms with Crippen LogP contribution in [-0.2, 0) is 11.8 Å². The van der Waals surface area contributed by atoms with Crippen LogP contribution in [0.3, 0.4) is 0 Å². The van der Waals surface area contributed by atoms with Gasteiger partial charge in [0.25, 0.3) is 0 Å². The van der Waals surface area contributed by atoms with Crippen molar-refractivity contribution in [1.82, 2.24) is 4.57 Å². The van der Waals surface area contributed by atoms with E-state index < -0.39 is 0 Å². The first-order valence-corrected chi connectivity index (χ1v) is 7.27. The zero-order chi connectivity index (χ0) is 15.5. The summed E-state index contributed by atoms with van der Waals surface area (Å²) in [4.78, 5) is 21.5. The van der Waals surface area contributed by atoms with Crippen LogP contribution in [0.1, 0.15) is 22.5 Å². The van der Waals surface area contributed by atoms with Gasteiger partial charge in [-0.15, -0.1) is 0 Å². The lowest BCUT2D eigenvalue weighted by Gasteiger charge is -2.11. The summed E-state index contributed by atoms with van der Waals surface area (Å²) in [6, 6.07) is 9.69. The van der Waals surface area contributed by atoms with Crippen molar-refractivity contribution in [2.75, 3.05) is 0 Å². The van der Waals surface area contributed by atoms with Crippen molar-refractivity contribution in [3.63, 3.8) is 0 Å². The second-order valence-corrected chi connectivity index (χ2v) is 5.52. The summed E-state index contributed by atoms with van der Waals surface area (Å²) in [6.07, 6.45) is 10.7. The third kappa shape index (κ3) is 2.70. The van der Waals surface area contributed by atoms with E-state index in [1.807, 2.05) is 43.5 Å². The topological polar surface area (TPSA) is 39.1 Å². The third-order valence-electron chi connectivity index (χ3n) is 3.99. The molecule has 1 aliphatic carbocycles. The molecule has 0 aliphatic heterocycles. The van der Waals surface area contributed by atoms with Gasteiger partial charge in [-0.25, -0.2) is 0 Å². The summed E-state index contributed by atoms with van der Waals surface area (Å²) < 4.78 is 2.08. The van der Waals surface area contributed by atoms with Gasteiger partial charge < -0.3 is 9.36 Å². The molecule has 1 atom stereocenters. The number of carbonyl (C=O) groups is 2. The molecule has 1 aromatic carbocycles. The fourth-order valence-corrected chi connectivity index (χ4v) is 2.69. The van der Waals surface area contributed by atoms with Gasteiger partial charge in [0.2, 0.25) is 0 Å². The number of aldehydes is 2. The first-order chi connectivity index (χ1) is 10.7. The van der Waals surface area contributed by atoms with Gasteiger partial charge in [0.05, 0.1) is 0 Å². The molecule has 110 valence electrons. The normalized spacial score (nSPS) is 17.1. The van der Waals surface area contributed by atoms with E-state index in [0.717, 1.165) is 41.4 Å². The summed E-state index contributed by atoms with van der Waals surface area (Å²) in [5.74, 6) is -0.000579. The fourth-order valence-electron chi connectivity index (χ4n) is 2.69. The van der Waals surface area contributed by atoms with Crippen molar-refractivity contribution in [2.24, 2.45) is 13.0 Å². The minimum absolute atomic E-state index is 0.000579. The lowest BCUT2D eigenvalue weighted by molar-refractivity contribution is -0.109. The predicted octanol–water partition coefficient (Wildman–Crippen LogP) is 3.66. The van der Waals surface area contributed by atoms with Crippen molar-refractivity contribution in [2.45, 2.75) is 6.42 Å². The Morgan fingerprint density at radius 1 is 1.14 bits per heavy atom. The largest absolute Gasteiger partial charge is 0.350 e. The Morgan fingerprint density at radius 2 is 1.91 bits per heavy atom. The van der Waals surface area contributed by atoms with Crippen LogP contribution in [0, 0.1) is 5.92 Å². The van der Waals surface area contributed by atoms with E-state index >= 15 is 0 Å². The standard InChI is InChI=1S/C19H17NO2/c1-20-11-18(16-6-2-14(12-21)3-7-16)10-19(20)17-8-4-15(13-22)5-9-17/h2-4,6-13,15H,5H2,1H3. The highest BCUT2D eigenvalue weighted by molar-refractivity contribution is 5.80. The van der Waals surface area contributed by atoms with Crippen LogP contribution in [0.5, 0.6) is 0 Å². The Bertz CT molecular complexity index is 763. The molecule has 0 fully saturated rings. The highest BCUT2D eigenvalue weighted by Gasteiger charge is 2.12. The molecule has 0 N–H and O–H groups in total. The average molecular weight is 291 g/mol. The first kappa shape index (κ1) is 14.3. The molecule has 1 aromatic heterocycles. The van der Waals surface area contributed by atoms with Gasteiger partial charge in [-0.1, -0.05) is 42.5 Å². The zero-order valence-electron chi connectivity index (χ0n) is 12.4.